The molecule has 2 rings (SSSR count). The fourth-order valence-electron chi connectivity index (χ4n) is 3.46. The van der Waals surface area contributed by atoms with Crippen molar-refractivity contribution in [2.45, 2.75) is 77.5 Å². The summed E-state index contributed by atoms with van der Waals surface area (Å²) in [4.78, 5) is 14.4. The van der Waals surface area contributed by atoms with Crippen molar-refractivity contribution in [2.24, 2.45) is 0 Å². The van der Waals surface area contributed by atoms with Crippen molar-refractivity contribution in [3.05, 3.63) is 29.3 Å². The Labute approximate surface area is 145 Å². The number of aliphatic hydroxyl groups is 1. The summed E-state index contributed by atoms with van der Waals surface area (Å²) in [5, 5.41) is 10.2. The number of ether oxygens (including phenoxy) is 1. The molecule has 134 valence electrons. The van der Waals surface area contributed by atoms with Gasteiger partial charge >= 0.3 is 0 Å². The maximum Gasteiger partial charge on any atom is 0.263 e. The van der Waals surface area contributed by atoms with Crippen molar-refractivity contribution in [1.82, 2.24) is 4.90 Å². The van der Waals surface area contributed by atoms with Gasteiger partial charge in [-0.2, -0.15) is 0 Å². The number of carbonyl (C=O) groups is 1. The molecule has 1 N–H and O–H groups in total. The second kappa shape index (κ2) is 8.02. The van der Waals surface area contributed by atoms with Gasteiger partial charge in [-0.15, -0.1) is 0 Å². The molecule has 4 heteroatoms. The summed E-state index contributed by atoms with van der Waals surface area (Å²) < 4.78 is 6.02. The number of likely N-dealkylation sites (N-methyl/N-ethyl adjacent to an activating group) is 1. The van der Waals surface area contributed by atoms with Gasteiger partial charge in [0.25, 0.3) is 5.91 Å². The molecule has 1 aliphatic rings. The molecule has 4 nitrogen and oxygen atoms in total. The van der Waals surface area contributed by atoms with Crippen molar-refractivity contribution < 1.29 is 14.6 Å². The van der Waals surface area contributed by atoms with Crippen LogP contribution in [0.5, 0.6) is 5.75 Å². The number of benzene rings is 1. The Kier molecular flexibility index (Phi) is 6.27. The van der Waals surface area contributed by atoms with Gasteiger partial charge in [-0.25, -0.2) is 0 Å². The van der Waals surface area contributed by atoms with Crippen LogP contribution in [-0.2, 0) is 4.79 Å². The van der Waals surface area contributed by atoms with E-state index in [4.69, 9.17) is 4.74 Å². The predicted molar refractivity (Wildman–Crippen MR) is 96.4 cm³/mol. The molecule has 3 atom stereocenters. The average molecular weight is 333 g/mol. The first-order valence-corrected chi connectivity index (χ1v) is 9.03. The average Bonchev–Trinajstić information content (AvgIpc) is 2.53. The minimum atomic E-state index is -0.566. The molecule has 1 aromatic carbocycles. The fraction of sp³-hybridized carbons (Fsp3) is 0.650. The zero-order valence-corrected chi connectivity index (χ0v) is 15.6. The second-order valence-electron chi connectivity index (χ2n) is 7.32. The molecule has 0 radical (unpaired) electrons. The molecule has 0 aliphatic heterocycles. The van der Waals surface area contributed by atoms with Gasteiger partial charge in [0.1, 0.15) is 5.75 Å². The van der Waals surface area contributed by atoms with Crippen LogP contribution >= 0.6 is 0 Å². The van der Waals surface area contributed by atoms with Gasteiger partial charge < -0.3 is 14.7 Å². The minimum absolute atomic E-state index is 0.0721. The highest BCUT2D eigenvalue weighted by Gasteiger charge is 2.32. The minimum Gasteiger partial charge on any atom is -0.481 e. The first-order valence-electron chi connectivity index (χ1n) is 9.03. The van der Waals surface area contributed by atoms with E-state index in [0.717, 1.165) is 42.6 Å². The first-order chi connectivity index (χ1) is 11.3. The van der Waals surface area contributed by atoms with Crippen molar-refractivity contribution in [2.75, 3.05) is 7.05 Å². The SMILES string of the molecule is Cc1ccc(C(C)C)c(OC(C)C(=O)N(C)[C@@H]2CCCC[C@H]2O)c1. The van der Waals surface area contributed by atoms with Crippen LogP contribution < -0.4 is 4.74 Å². The molecule has 0 heterocycles. The summed E-state index contributed by atoms with van der Waals surface area (Å²) in [6.07, 6.45) is 2.73. The lowest BCUT2D eigenvalue weighted by atomic mass is 9.91. The van der Waals surface area contributed by atoms with Crippen LogP contribution in [0.3, 0.4) is 0 Å². The Morgan fingerprint density at radius 2 is 1.92 bits per heavy atom. The van der Waals surface area contributed by atoms with Crippen LogP contribution in [0.15, 0.2) is 18.2 Å². The van der Waals surface area contributed by atoms with E-state index in [2.05, 4.69) is 26.0 Å². The van der Waals surface area contributed by atoms with E-state index in [1.165, 1.54) is 0 Å². The van der Waals surface area contributed by atoms with E-state index < -0.39 is 12.2 Å². The molecule has 24 heavy (non-hydrogen) atoms. The maximum atomic E-state index is 12.7. The van der Waals surface area contributed by atoms with Gasteiger partial charge in [0.05, 0.1) is 12.1 Å². The molecule has 0 saturated heterocycles. The van der Waals surface area contributed by atoms with Gasteiger partial charge in [-0.05, 0) is 49.8 Å². The van der Waals surface area contributed by atoms with Gasteiger partial charge in [0, 0.05) is 7.05 Å². The summed E-state index contributed by atoms with van der Waals surface area (Å²) in [7, 11) is 1.78. The van der Waals surface area contributed by atoms with Crippen LogP contribution in [0.1, 0.15) is 63.5 Å². The molecule has 0 aromatic heterocycles. The van der Waals surface area contributed by atoms with Crippen LogP contribution in [0.2, 0.25) is 0 Å². The van der Waals surface area contributed by atoms with E-state index in [-0.39, 0.29) is 11.9 Å². The number of amides is 1. The van der Waals surface area contributed by atoms with Gasteiger partial charge in [-0.1, -0.05) is 38.8 Å². The Balaban J connectivity index is 2.10. The third-order valence-corrected chi connectivity index (χ3v) is 4.98. The topological polar surface area (TPSA) is 49.8 Å². The highest BCUT2D eigenvalue weighted by Crippen LogP contribution is 2.29. The number of carbonyl (C=O) groups excluding carboxylic acids is 1. The van der Waals surface area contributed by atoms with E-state index in [1.807, 2.05) is 13.0 Å². The number of hydrogen-bond acceptors (Lipinski definition) is 3. The summed E-state index contributed by atoms with van der Waals surface area (Å²) >= 11 is 0. The number of aliphatic hydroxyl groups excluding tert-OH is 1. The summed E-state index contributed by atoms with van der Waals surface area (Å²) in [5.41, 5.74) is 2.23. The van der Waals surface area contributed by atoms with Crippen LogP contribution in [0, 0.1) is 6.92 Å². The van der Waals surface area contributed by atoms with Gasteiger partial charge in [0.15, 0.2) is 6.10 Å². The molecule has 1 saturated carbocycles. The molecule has 1 amide bonds. The highest BCUT2D eigenvalue weighted by atomic mass is 16.5. The third-order valence-electron chi connectivity index (χ3n) is 4.98. The molecule has 0 spiro atoms. The highest BCUT2D eigenvalue weighted by molar-refractivity contribution is 5.81. The molecular formula is C20H31NO3. The molecule has 1 aromatic rings. The maximum absolute atomic E-state index is 12.7. The normalized spacial score (nSPS) is 22.3. The zero-order chi connectivity index (χ0) is 17.9. The van der Waals surface area contributed by atoms with Crippen LogP contribution in [0.25, 0.3) is 0 Å². The van der Waals surface area contributed by atoms with Crippen molar-refractivity contribution in [1.29, 1.82) is 0 Å². The van der Waals surface area contributed by atoms with Crippen molar-refractivity contribution in [3.63, 3.8) is 0 Å². The summed E-state index contributed by atoms with van der Waals surface area (Å²) in [6, 6.07) is 6.04. The molecular weight excluding hydrogens is 302 g/mol. The summed E-state index contributed by atoms with van der Waals surface area (Å²) in [5.74, 6) is 1.04. The second-order valence-corrected chi connectivity index (χ2v) is 7.32. The lowest BCUT2D eigenvalue weighted by Gasteiger charge is -2.36. The Morgan fingerprint density at radius 3 is 2.54 bits per heavy atom. The van der Waals surface area contributed by atoms with Crippen LogP contribution in [0.4, 0.5) is 0 Å². The van der Waals surface area contributed by atoms with Crippen LogP contribution in [-0.4, -0.2) is 41.2 Å². The molecule has 0 bridgehead atoms. The Hall–Kier alpha value is -1.55. The molecule has 1 aliphatic carbocycles. The number of hydrogen-bond donors (Lipinski definition) is 1. The number of aryl methyl sites for hydroxylation is 1. The smallest absolute Gasteiger partial charge is 0.263 e. The lowest BCUT2D eigenvalue weighted by molar-refractivity contribution is -0.142. The van der Waals surface area contributed by atoms with E-state index in [0.29, 0.717) is 5.92 Å². The predicted octanol–water partition coefficient (Wildman–Crippen LogP) is 3.65. The lowest BCUT2D eigenvalue weighted by Crippen LogP contribution is -2.50. The third kappa shape index (κ3) is 4.29. The Bertz CT molecular complexity index is 570. The Morgan fingerprint density at radius 1 is 1.25 bits per heavy atom. The first kappa shape index (κ1) is 18.8. The monoisotopic (exact) mass is 333 g/mol. The van der Waals surface area contributed by atoms with E-state index in [9.17, 15) is 9.90 Å². The summed E-state index contributed by atoms with van der Waals surface area (Å²) in [6.45, 7) is 8.05. The van der Waals surface area contributed by atoms with Gasteiger partial charge in [0.2, 0.25) is 0 Å². The zero-order valence-electron chi connectivity index (χ0n) is 15.6. The molecule has 1 fully saturated rings. The number of rotatable bonds is 5. The fourth-order valence-corrected chi connectivity index (χ4v) is 3.46. The largest absolute Gasteiger partial charge is 0.481 e. The quantitative estimate of drug-likeness (QED) is 0.895. The van der Waals surface area contributed by atoms with E-state index in [1.54, 1.807) is 18.9 Å². The standard InChI is InChI=1S/C20H31NO3/c1-13(2)16-11-10-14(3)12-19(16)24-15(4)20(23)21(5)17-8-6-7-9-18(17)22/h10-13,15,17-18,22H,6-9H2,1-5H3/t15?,17-,18-/m1/s1. The molecule has 1 unspecified atom stereocenters. The number of nitrogens with zero attached hydrogens (tertiary/aromatic N) is 1. The van der Waals surface area contributed by atoms with Gasteiger partial charge in [-0.3, -0.25) is 4.79 Å². The van der Waals surface area contributed by atoms with Crippen molar-refractivity contribution in [3.8, 4) is 5.75 Å². The van der Waals surface area contributed by atoms with Crippen molar-refractivity contribution >= 4 is 5.91 Å². The van der Waals surface area contributed by atoms with E-state index >= 15 is 0 Å².